The highest BCUT2D eigenvalue weighted by molar-refractivity contribution is 6.77. The molecule has 1 unspecified atom stereocenters. The number of rotatable bonds is 7. The van der Waals surface area contributed by atoms with Gasteiger partial charge in [0.25, 0.3) is 0 Å². The van der Waals surface area contributed by atoms with E-state index in [9.17, 15) is 5.11 Å². The van der Waals surface area contributed by atoms with Gasteiger partial charge >= 0.3 is 0 Å². The van der Waals surface area contributed by atoms with E-state index < -0.39 is 8.07 Å². The van der Waals surface area contributed by atoms with Gasteiger partial charge in [-0.15, -0.1) is 0 Å². The smallest absolute Gasteiger partial charge is 0.123 e. The third-order valence-corrected chi connectivity index (χ3v) is 8.43. The quantitative estimate of drug-likeness (QED) is 0.486. The van der Waals surface area contributed by atoms with Crippen molar-refractivity contribution in [3.8, 4) is 11.5 Å². The Hall–Kier alpha value is -1.72. The Balaban J connectivity index is 2.25. The van der Waals surface area contributed by atoms with Crippen LogP contribution in [0.25, 0.3) is 0 Å². The van der Waals surface area contributed by atoms with Crippen molar-refractivity contribution in [1.29, 1.82) is 0 Å². The molecule has 0 aliphatic heterocycles. The Morgan fingerprint density at radius 3 is 1.94 bits per heavy atom. The maximum Gasteiger partial charge on any atom is 0.123 e. The summed E-state index contributed by atoms with van der Waals surface area (Å²) in [7, 11) is 1.71. The van der Waals surface area contributed by atoms with Crippen LogP contribution in [-0.2, 0) is 20.3 Å². The van der Waals surface area contributed by atoms with Gasteiger partial charge in [-0.2, -0.15) is 0 Å². The highest BCUT2D eigenvalue weighted by Crippen LogP contribution is 2.42. The fourth-order valence-electron chi connectivity index (χ4n) is 4.12. The largest absolute Gasteiger partial charge is 0.507 e. The molecule has 0 saturated carbocycles. The van der Waals surface area contributed by atoms with E-state index in [1.165, 1.54) is 0 Å². The molecule has 4 nitrogen and oxygen atoms in total. The lowest BCUT2D eigenvalue weighted by atomic mass is 9.79. The summed E-state index contributed by atoms with van der Waals surface area (Å²) in [5, 5.41) is 10.9. The second-order valence-corrected chi connectivity index (χ2v) is 16.6. The minimum atomic E-state index is -1.77. The summed E-state index contributed by atoms with van der Waals surface area (Å²) in [6, 6.07) is 4.97. The average molecular weight is 447 g/mol. The molecule has 0 radical (unpaired) electrons. The average Bonchev–Trinajstić information content (AvgIpc) is 2.65. The number of benzene rings is 1. The van der Waals surface area contributed by atoms with Crippen LogP contribution in [-0.4, -0.2) is 39.2 Å². The molecule has 1 atom stereocenters. The third-order valence-electron chi connectivity index (χ3n) is 5.95. The summed E-state index contributed by atoms with van der Waals surface area (Å²) < 4.78 is 17.7. The highest BCUT2D eigenvalue weighted by Gasteiger charge is 2.37. The molecule has 0 aromatic heterocycles. The van der Waals surface area contributed by atoms with Gasteiger partial charge in [-0.1, -0.05) is 54.6 Å². The minimum absolute atomic E-state index is 0.172. The first kappa shape index (κ1) is 25.5. The number of phenolic OH excluding ortho intramolecular Hbond substituents is 1. The van der Waals surface area contributed by atoms with Gasteiger partial charge in [0.05, 0.1) is 27.0 Å². The Kier molecular flexibility index (Phi) is 7.44. The van der Waals surface area contributed by atoms with Gasteiger partial charge in [0.2, 0.25) is 0 Å². The van der Waals surface area contributed by atoms with Crippen LogP contribution in [0.2, 0.25) is 19.1 Å². The molecular formula is C26H42O4Si. The van der Waals surface area contributed by atoms with E-state index in [-0.39, 0.29) is 16.4 Å². The van der Waals surface area contributed by atoms with Gasteiger partial charge in [0.15, 0.2) is 0 Å². The van der Waals surface area contributed by atoms with Crippen LogP contribution in [0.3, 0.4) is 0 Å². The molecule has 174 valence electrons. The van der Waals surface area contributed by atoms with Gasteiger partial charge in [-0.3, -0.25) is 0 Å². The van der Waals surface area contributed by atoms with Gasteiger partial charge < -0.3 is 19.3 Å². The summed E-state index contributed by atoms with van der Waals surface area (Å²) in [6.07, 6.45) is 7.73. The van der Waals surface area contributed by atoms with Crippen molar-refractivity contribution < 1.29 is 19.3 Å². The zero-order chi connectivity index (χ0) is 23.7. The summed E-state index contributed by atoms with van der Waals surface area (Å²) in [4.78, 5) is 0. The molecule has 1 aromatic rings. The molecular weight excluding hydrogens is 404 g/mol. The maximum atomic E-state index is 10.9. The molecule has 0 heterocycles. The molecule has 1 aliphatic rings. The van der Waals surface area contributed by atoms with Crippen molar-refractivity contribution in [1.82, 2.24) is 0 Å². The fraction of sp³-hybridized carbons (Fsp3) is 0.615. The molecule has 0 bridgehead atoms. The second kappa shape index (κ2) is 9.03. The minimum Gasteiger partial charge on any atom is -0.507 e. The first-order valence-electron chi connectivity index (χ1n) is 11.1. The van der Waals surface area contributed by atoms with E-state index in [4.69, 9.17) is 14.2 Å². The fourth-order valence-corrected chi connectivity index (χ4v) is 6.81. The summed E-state index contributed by atoms with van der Waals surface area (Å²) in [6.45, 7) is 17.4. The molecule has 2 rings (SSSR count). The van der Waals surface area contributed by atoms with Crippen molar-refractivity contribution >= 4 is 8.07 Å². The van der Waals surface area contributed by atoms with E-state index in [0.717, 1.165) is 35.1 Å². The van der Waals surface area contributed by atoms with Crippen LogP contribution in [0.1, 0.15) is 59.1 Å². The normalized spacial score (nSPS) is 19.9. The Labute approximate surface area is 190 Å². The zero-order valence-corrected chi connectivity index (χ0v) is 22.2. The van der Waals surface area contributed by atoms with Crippen LogP contribution >= 0.6 is 0 Å². The number of hydrogen-bond donors (Lipinski definition) is 1. The molecule has 0 spiro atoms. The van der Waals surface area contributed by atoms with E-state index in [2.05, 4.69) is 66.8 Å². The van der Waals surface area contributed by atoms with Crippen LogP contribution < -0.4 is 4.74 Å². The predicted octanol–water partition coefficient (Wildman–Crippen LogP) is 6.49. The lowest BCUT2D eigenvalue weighted by Crippen LogP contribution is -2.44. The maximum absolute atomic E-state index is 10.9. The lowest BCUT2D eigenvalue weighted by molar-refractivity contribution is 0.0468. The van der Waals surface area contributed by atoms with Gasteiger partial charge in [0.1, 0.15) is 17.3 Å². The van der Waals surface area contributed by atoms with E-state index in [1.807, 2.05) is 18.2 Å². The highest BCUT2D eigenvalue weighted by atomic mass is 28.3. The number of ether oxygens (including phenoxy) is 3. The van der Waals surface area contributed by atoms with Gasteiger partial charge in [-0.05, 0) is 47.2 Å². The molecule has 0 fully saturated rings. The zero-order valence-electron chi connectivity index (χ0n) is 21.2. The summed E-state index contributed by atoms with van der Waals surface area (Å²) in [5.41, 5.74) is 1.21. The van der Waals surface area contributed by atoms with Crippen LogP contribution in [0.4, 0.5) is 0 Å². The number of allylic oxidation sites excluding steroid dienone is 1. The number of phenols is 1. The number of methoxy groups -OCH3 is 2. The van der Waals surface area contributed by atoms with Crippen LogP contribution in [0.15, 0.2) is 36.1 Å². The third kappa shape index (κ3) is 6.39. The second-order valence-electron chi connectivity index (χ2n) is 11.6. The van der Waals surface area contributed by atoms with Crippen molar-refractivity contribution in [3.05, 3.63) is 47.2 Å². The molecule has 1 aliphatic carbocycles. The Morgan fingerprint density at radius 1 is 1.00 bits per heavy atom. The van der Waals surface area contributed by atoms with Gasteiger partial charge in [-0.25, -0.2) is 0 Å². The van der Waals surface area contributed by atoms with Crippen molar-refractivity contribution in [3.63, 3.8) is 0 Å². The van der Waals surface area contributed by atoms with Crippen LogP contribution in [0.5, 0.6) is 11.5 Å². The van der Waals surface area contributed by atoms with Crippen molar-refractivity contribution in [2.75, 3.05) is 20.4 Å². The number of hydrogen-bond acceptors (Lipinski definition) is 4. The summed E-state index contributed by atoms with van der Waals surface area (Å²) >= 11 is 0. The van der Waals surface area contributed by atoms with Crippen molar-refractivity contribution in [2.45, 2.75) is 83.5 Å². The first-order chi connectivity index (χ1) is 14.1. The Morgan fingerprint density at radius 2 is 1.55 bits per heavy atom. The molecule has 5 heteroatoms. The Bertz CT molecular complexity index is 805. The SMILES string of the molecule is COC1=CCC(C[Si](C)(C)COc2cc(C(C)(C)C)c(O)c(C(C)(C)C)c2)(OC)C=C1. The molecule has 0 amide bonds. The first-order valence-corrected chi connectivity index (χ1v) is 14.5. The topological polar surface area (TPSA) is 47.9 Å². The van der Waals surface area contributed by atoms with Gasteiger partial charge in [0, 0.05) is 24.7 Å². The standard InChI is InChI=1S/C26H42O4Si/c1-24(2,3)21-15-20(16-22(23(21)27)25(4,5)6)30-18-31(9,10)17-26(29-8)13-11-19(28-7)12-14-26/h11-13,15-16,27H,14,17-18H2,1-10H3. The van der Waals surface area contributed by atoms with Crippen LogP contribution in [0, 0.1) is 0 Å². The molecule has 31 heavy (non-hydrogen) atoms. The van der Waals surface area contributed by atoms with E-state index in [0.29, 0.717) is 12.0 Å². The van der Waals surface area contributed by atoms with E-state index >= 15 is 0 Å². The van der Waals surface area contributed by atoms with E-state index in [1.54, 1.807) is 14.2 Å². The lowest BCUT2D eigenvalue weighted by Gasteiger charge is -2.37. The molecule has 1 N–H and O–H groups in total. The molecule has 0 saturated heterocycles. The molecule has 1 aromatic carbocycles. The summed E-state index contributed by atoms with van der Waals surface area (Å²) in [5.74, 6) is 2.10. The number of aromatic hydroxyl groups is 1. The monoisotopic (exact) mass is 446 g/mol. The predicted molar refractivity (Wildman–Crippen MR) is 132 cm³/mol. The van der Waals surface area contributed by atoms with Crippen molar-refractivity contribution in [2.24, 2.45) is 0 Å².